The van der Waals surface area contributed by atoms with Crippen molar-refractivity contribution in [3.05, 3.63) is 86.9 Å². The van der Waals surface area contributed by atoms with Crippen molar-refractivity contribution in [1.82, 2.24) is 0 Å². The van der Waals surface area contributed by atoms with E-state index in [0.717, 1.165) is 16.8 Å². The van der Waals surface area contributed by atoms with Crippen LogP contribution in [0.5, 0.6) is 11.5 Å². The largest absolute Gasteiger partial charge is 0.493 e. The monoisotopic (exact) mass is 421 g/mol. The second-order valence-corrected chi connectivity index (χ2v) is 7.16. The lowest BCUT2D eigenvalue weighted by Gasteiger charge is -2.14. The van der Waals surface area contributed by atoms with Crippen molar-refractivity contribution in [2.75, 3.05) is 12.4 Å². The van der Waals surface area contributed by atoms with Crippen LogP contribution < -0.4 is 14.8 Å². The molecule has 0 unspecified atom stereocenters. The number of nitrogens with one attached hydrogen (secondary N) is 1. The summed E-state index contributed by atoms with van der Waals surface area (Å²) in [5.41, 5.74) is 2.80. The van der Waals surface area contributed by atoms with E-state index in [9.17, 15) is 0 Å². The molecule has 6 heteroatoms. The number of hydrogen-bond donors (Lipinski definition) is 1. The Bertz CT molecular complexity index is 931. The molecule has 0 heterocycles. The first-order valence-electron chi connectivity index (χ1n) is 8.28. The van der Waals surface area contributed by atoms with Gasteiger partial charge >= 0.3 is 0 Å². The molecular weight excluding hydrogens is 405 g/mol. The molecule has 27 heavy (non-hydrogen) atoms. The highest BCUT2D eigenvalue weighted by Crippen LogP contribution is 2.30. The maximum atomic E-state index is 6.18. The van der Waals surface area contributed by atoms with Crippen LogP contribution in [0.2, 0.25) is 15.1 Å². The van der Waals surface area contributed by atoms with Gasteiger partial charge in [0, 0.05) is 16.6 Å². The minimum Gasteiger partial charge on any atom is -0.493 e. The Morgan fingerprint density at radius 3 is 2.41 bits per heavy atom. The van der Waals surface area contributed by atoms with Gasteiger partial charge in [-0.15, -0.1) is 0 Å². The van der Waals surface area contributed by atoms with Crippen molar-refractivity contribution in [2.45, 2.75) is 13.2 Å². The summed E-state index contributed by atoms with van der Waals surface area (Å²) in [6, 6.07) is 18.7. The van der Waals surface area contributed by atoms with Crippen LogP contribution in [-0.2, 0) is 13.2 Å². The normalized spacial score (nSPS) is 10.5. The third-order valence-corrected chi connectivity index (χ3v) is 4.72. The van der Waals surface area contributed by atoms with Crippen LogP contribution in [0.25, 0.3) is 0 Å². The Labute approximate surface area is 173 Å². The fourth-order valence-electron chi connectivity index (χ4n) is 2.56. The SMILES string of the molecule is COc1cc(CNc2cc(Cl)ccc2Cl)ccc1OCc1cccc(Cl)c1. The number of hydrogen-bond acceptors (Lipinski definition) is 3. The van der Waals surface area contributed by atoms with Crippen molar-refractivity contribution in [3.8, 4) is 11.5 Å². The van der Waals surface area contributed by atoms with E-state index in [4.69, 9.17) is 44.3 Å². The Morgan fingerprint density at radius 1 is 0.815 bits per heavy atom. The Balaban J connectivity index is 1.67. The molecule has 3 nitrogen and oxygen atoms in total. The van der Waals surface area contributed by atoms with E-state index in [1.165, 1.54) is 0 Å². The minimum absolute atomic E-state index is 0.409. The van der Waals surface area contributed by atoms with Gasteiger partial charge in [-0.25, -0.2) is 0 Å². The second-order valence-electron chi connectivity index (χ2n) is 5.88. The third kappa shape index (κ3) is 5.46. The first-order chi connectivity index (χ1) is 13.0. The molecule has 0 atom stereocenters. The Kier molecular flexibility index (Phi) is 6.73. The zero-order chi connectivity index (χ0) is 19.2. The molecule has 3 rings (SSSR count). The molecule has 0 amide bonds. The summed E-state index contributed by atoms with van der Waals surface area (Å²) in [5, 5.41) is 5.21. The zero-order valence-corrected chi connectivity index (χ0v) is 16.9. The molecule has 1 N–H and O–H groups in total. The molecule has 0 aliphatic heterocycles. The molecule has 0 fully saturated rings. The first kappa shape index (κ1) is 19.7. The lowest BCUT2D eigenvalue weighted by Crippen LogP contribution is -2.02. The lowest BCUT2D eigenvalue weighted by molar-refractivity contribution is 0.284. The van der Waals surface area contributed by atoms with Gasteiger partial charge in [0.2, 0.25) is 0 Å². The maximum absolute atomic E-state index is 6.18. The summed E-state index contributed by atoms with van der Waals surface area (Å²) < 4.78 is 11.3. The van der Waals surface area contributed by atoms with Gasteiger partial charge in [-0.1, -0.05) is 53.0 Å². The van der Waals surface area contributed by atoms with Crippen molar-refractivity contribution < 1.29 is 9.47 Å². The lowest BCUT2D eigenvalue weighted by atomic mass is 10.2. The number of rotatable bonds is 7. The van der Waals surface area contributed by atoms with Crippen LogP contribution >= 0.6 is 34.8 Å². The topological polar surface area (TPSA) is 30.5 Å². The molecule has 0 bridgehead atoms. The molecule has 0 aliphatic rings. The zero-order valence-electron chi connectivity index (χ0n) is 14.6. The number of methoxy groups -OCH3 is 1. The summed E-state index contributed by atoms with van der Waals surface area (Å²) in [4.78, 5) is 0. The smallest absolute Gasteiger partial charge is 0.161 e. The van der Waals surface area contributed by atoms with Crippen molar-refractivity contribution >= 4 is 40.5 Å². The van der Waals surface area contributed by atoms with E-state index in [2.05, 4.69) is 5.32 Å². The van der Waals surface area contributed by atoms with Crippen molar-refractivity contribution in [1.29, 1.82) is 0 Å². The highest BCUT2D eigenvalue weighted by Gasteiger charge is 2.08. The molecule has 0 saturated carbocycles. The maximum Gasteiger partial charge on any atom is 0.161 e. The van der Waals surface area contributed by atoms with E-state index >= 15 is 0 Å². The van der Waals surface area contributed by atoms with Gasteiger partial charge in [0.1, 0.15) is 6.61 Å². The summed E-state index contributed by atoms with van der Waals surface area (Å²) in [5.74, 6) is 1.33. The van der Waals surface area contributed by atoms with E-state index < -0.39 is 0 Å². The van der Waals surface area contributed by atoms with Gasteiger partial charge in [0.15, 0.2) is 11.5 Å². The molecule has 3 aromatic rings. The first-order valence-corrected chi connectivity index (χ1v) is 9.41. The van der Waals surface area contributed by atoms with Crippen LogP contribution in [0.3, 0.4) is 0 Å². The van der Waals surface area contributed by atoms with Crippen LogP contribution in [-0.4, -0.2) is 7.11 Å². The van der Waals surface area contributed by atoms with Gasteiger partial charge in [-0.3, -0.25) is 0 Å². The predicted molar refractivity (Wildman–Crippen MR) is 113 cm³/mol. The number of halogens is 3. The average Bonchev–Trinajstić information content (AvgIpc) is 2.67. The van der Waals surface area contributed by atoms with E-state index in [-0.39, 0.29) is 0 Å². The highest BCUT2D eigenvalue weighted by atomic mass is 35.5. The fraction of sp³-hybridized carbons (Fsp3) is 0.143. The summed E-state index contributed by atoms with van der Waals surface area (Å²) in [6.07, 6.45) is 0. The molecule has 0 aliphatic carbocycles. The third-order valence-electron chi connectivity index (χ3n) is 3.92. The second kappa shape index (κ2) is 9.23. The van der Waals surface area contributed by atoms with E-state index in [1.807, 2.05) is 42.5 Å². The van der Waals surface area contributed by atoms with Gasteiger partial charge in [-0.2, -0.15) is 0 Å². The molecular formula is C21H18Cl3NO2. The average molecular weight is 423 g/mol. The van der Waals surface area contributed by atoms with Crippen LogP contribution in [0.1, 0.15) is 11.1 Å². The van der Waals surface area contributed by atoms with Gasteiger partial charge in [-0.05, 0) is 53.6 Å². The van der Waals surface area contributed by atoms with Crippen LogP contribution in [0.15, 0.2) is 60.7 Å². The van der Waals surface area contributed by atoms with Gasteiger partial charge < -0.3 is 14.8 Å². The number of ether oxygens (including phenoxy) is 2. The van der Waals surface area contributed by atoms with Crippen molar-refractivity contribution in [3.63, 3.8) is 0 Å². The molecule has 140 valence electrons. The Hall–Kier alpha value is -2.07. The number of anilines is 1. The minimum atomic E-state index is 0.409. The van der Waals surface area contributed by atoms with Crippen molar-refractivity contribution in [2.24, 2.45) is 0 Å². The fourth-order valence-corrected chi connectivity index (χ4v) is 3.13. The number of benzene rings is 3. The standard InChI is InChI=1S/C21H18Cl3NO2/c1-26-21-10-14(12-25-19-11-17(23)6-7-18(19)24)5-8-20(21)27-13-15-3-2-4-16(22)9-15/h2-11,25H,12-13H2,1H3. The summed E-state index contributed by atoms with van der Waals surface area (Å²) in [6.45, 7) is 0.984. The highest BCUT2D eigenvalue weighted by molar-refractivity contribution is 6.35. The molecule has 3 aromatic carbocycles. The molecule has 0 radical (unpaired) electrons. The molecule has 0 saturated heterocycles. The van der Waals surface area contributed by atoms with E-state index in [0.29, 0.717) is 39.7 Å². The van der Waals surface area contributed by atoms with Gasteiger partial charge in [0.05, 0.1) is 17.8 Å². The quantitative estimate of drug-likeness (QED) is 0.452. The molecule has 0 aromatic heterocycles. The molecule has 0 spiro atoms. The summed E-state index contributed by atoms with van der Waals surface area (Å²) >= 11 is 18.2. The predicted octanol–water partition coefficient (Wildman–Crippen LogP) is 6.85. The van der Waals surface area contributed by atoms with E-state index in [1.54, 1.807) is 25.3 Å². The summed E-state index contributed by atoms with van der Waals surface area (Å²) in [7, 11) is 1.62. The van der Waals surface area contributed by atoms with Crippen LogP contribution in [0, 0.1) is 0 Å². The van der Waals surface area contributed by atoms with Gasteiger partial charge in [0.25, 0.3) is 0 Å². The van der Waals surface area contributed by atoms with Crippen LogP contribution in [0.4, 0.5) is 5.69 Å². The Morgan fingerprint density at radius 2 is 1.63 bits per heavy atom.